The molecule has 0 atom stereocenters. The molecule has 0 aliphatic carbocycles. The van der Waals surface area contributed by atoms with Gasteiger partial charge in [-0.1, -0.05) is 0 Å². The Morgan fingerprint density at radius 3 is 2.68 bits per heavy atom. The van der Waals surface area contributed by atoms with Crippen molar-refractivity contribution in [3.8, 4) is 0 Å². The van der Waals surface area contributed by atoms with Crippen molar-refractivity contribution in [1.82, 2.24) is 15.2 Å². The zero-order valence-electron chi connectivity index (χ0n) is 11.0. The molecule has 2 aromatic rings. The SMILES string of the molecule is Nc1n[nH]c(CCNc2ccc(C(F)(F)F)cc2[N+](=O)[O-])n1. The van der Waals surface area contributed by atoms with Crippen LogP contribution in [0.15, 0.2) is 18.2 Å². The third kappa shape index (κ3) is 3.62. The van der Waals surface area contributed by atoms with Gasteiger partial charge in [0.15, 0.2) is 0 Å². The summed E-state index contributed by atoms with van der Waals surface area (Å²) in [5.41, 5.74) is 3.58. The number of halogens is 3. The third-order valence-corrected chi connectivity index (χ3v) is 2.75. The van der Waals surface area contributed by atoms with Gasteiger partial charge in [-0.15, -0.1) is 5.10 Å². The van der Waals surface area contributed by atoms with Crippen LogP contribution in [0.5, 0.6) is 0 Å². The number of alkyl halides is 3. The van der Waals surface area contributed by atoms with Crippen LogP contribution in [0.4, 0.5) is 30.5 Å². The van der Waals surface area contributed by atoms with Crippen molar-refractivity contribution < 1.29 is 18.1 Å². The Labute approximate surface area is 121 Å². The topological polar surface area (TPSA) is 123 Å². The summed E-state index contributed by atoms with van der Waals surface area (Å²) >= 11 is 0. The molecule has 0 unspecified atom stereocenters. The first kappa shape index (κ1) is 15.5. The lowest BCUT2D eigenvalue weighted by Crippen LogP contribution is -2.10. The number of anilines is 2. The lowest BCUT2D eigenvalue weighted by Gasteiger charge is -2.10. The number of nitrogens with one attached hydrogen (secondary N) is 2. The molecule has 8 nitrogen and oxygen atoms in total. The Balaban J connectivity index is 2.11. The van der Waals surface area contributed by atoms with Gasteiger partial charge in [0.05, 0.1) is 10.5 Å². The maximum Gasteiger partial charge on any atom is 0.416 e. The standard InChI is InChI=1S/C11H11F3N6O2/c12-11(13,14)6-1-2-7(8(5-6)20(21)22)16-4-3-9-17-10(15)19-18-9/h1-2,5,16H,3-4H2,(H3,15,17,18,19). The highest BCUT2D eigenvalue weighted by atomic mass is 19.4. The minimum Gasteiger partial charge on any atom is -0.379 e. The van der Waals surface area contributed by atoms with Gasteiger partial charge in [0, 0.05) is 19.0 Å². The largest absolute Gasteiger partial charge is 0.416 e. The average molecular weight is 316 g/mol. The molecule has 1 aromatic heterocycles. The number of hydrogen-bond donors (Lipinski definition) is 3. The van der Waals surface area contributed by atoms with Crippen LogP contribution in [0.25, 0.3) is 0 Å². The molecule has 0 amide bonds. The number of hydrogen-bond acceptors (Lipinski definition) is 6. The maximum atomic E-state index is 12.6. The lowest BCUT2D eigenvalue weighted by molar-refractivity contribution is -0.384. The number of nitrogens with two attached hydrogens (primary N) is 1. The number of nitro groups is 1. The van der Waals surface area contributed by atoms with Crippen LogP contribution in [0.2, 0.25) is 0 Å². The van der Waals surface area contributed by atoms with E-state index in [9.17, 15) is 23.3 Å². The second-order valence-corrected chi connectivity index (χ2v) is 4.30. The molecule has 2 rings (SSSR count). The maximum absolute atomic E-state index is 12.6. The lowest BCUT2D eigenvalue weighted by atomic mass is 10.1. The van der Waals surface area contributed by atoms with Gasteiger partial charge >= 0.3 is 6.18 Å². The fourth-order valence-electron chi connectivity index (χ4n) is 1.75. The number of aromatic amines is 1. The highest BCUT2D eigenvalue weighted by Gasteiger charge is 2.32. The summed E-state index contributed by atoms with van der Waals surface area (Å²) in [5, 5.41) is 19.7. The van der Waals surface area contributed by atoms with E-state index in [0.717, 1.165) is 12.1 Å². The van der Waals surface area contributed by atoms with Crippen molar-refractivity contribution in [1.29, 1.82) is 0 Å². The van der Waals surface area contributed by atoms with Gasteiger partial charge in [-0.3, -0.25) is 15.2 Å². The van der Waals surface area contributed by atoms with Crippen LogP contribution in [0, 0.1) is 10.1 Å². The van der Waals surface area contributed by atoms with Crippen molar-refractivity contribution in [3.05, 3.63) is 39.7 Å². The summed E-state index contributed by atoms with van der Waals surface area (Å²) in [4.78, 5) is 13.9. The van der Waals surface area contributed by atoms with Gasteiger partial charge in [-0.25, -0.2) is 0 Å². The van der Waals surface area contributed by atoms with Crippen LogP contribution in [0.1, 0.15) is 11.4 Å². The second kappa shape index (κ2) is 5.87. The Hall–Kier alpha value is -2.85. The number of H-pyrrole nitrogens is 1. The number of rotatable bonds is 5. The van der Waals surface area contributed by atoms with Gasteiger partial charge in [-0.2, -0.15) is 18.2 Å². The second-order valence-electron chi connectivity index (χ2n) is 4.30. The van der Waals surface area contributed by atoms with E-state index in [4.69, 9.17) is 5.73 Å². The highest BCUT2D eigenvalue weighted by molar-refractivity contribution is 5.63. The molecule has 22 heavy (non-hydrogen) atoms. The third-order valence-electron chi connectivity index (χ3n) is 2.75. The predicted octanol–water partition coefficient (Wildman–Crippen LogP) is 1.97. The van der Waals surface area contributed by atoms with E-state index < -0.39 is 22.4 Å². The Morgan fingerprint density at radius 2 is 2.14 bits per heavy atom. The Bertz CT molecular complexity index is 685. The van der Waals surface area contributed by atoms with E-state index >= 15 is 0 Å². The molecule has 4 N–H and O–H groups in total. The normalized spacial score (nSPS) is 11.4. The van der Waals surface area contributed by atoms with E-state index in [-0.39, 0.29) is 18.2 Å². The minimum absolute atomic E-state index is 0.00881. The van der Waals surface area contributed by atoms with E-state index in [1.54, 1.807) is 0 Å². The van der Waals surface area contributed by atoms with Crippen LogP contribution in [0.3, 0.4) is 0 Å². The smallest absolute Gasteiger partial charge is 0.379 e. The molecule has 1 heterocycles. The molecule has 0 saturated carbocycles. The molecular weight excluding hydrogens is 305 g/mol. The first-order valence-electron chi connectivity index (χ1n) is 6.03. The van der Waals surface area contributed by atoms with Crippen LogP contribution in [-0.4, -0.2) is 26.6 Å². The van der Waals surface area contributed by atoms with Crippen molar-refractivity contribution >= 4 is 17.3 Å². The zero-order valence-corrected chi connectivity index (χ0v) is 11.0. The summed E-state index contributed by atoms with van der Waals surface area (Å²) in [6.45, 7) is 0.209. The van der Waals surface area contributed by atoms with Crippen molar-refractivity contribution in [2.24, 2.45) is 0 Å². The molecule has 0 aliphatic heterocycles. The summed E-state index contributed by atoms with van der Waals surface area (Å²) in [5.74, 6) is 0.523. The molecule has 0 bridgehead atoms. The monoisotopic (exact) mass is 316 g/mol. The fourth-order valence-corrected chi connectivity index (χ4v) is 1.75. The number of nitrogens with zero attached hydrogens (tertiary/aromatic N) is 3. The van der Waals surface area contributed by atoms with Gasteiger partial charge in [0.25, 0.3) is 5.69 Å². The van der Waals surface area contributed by atoms with Gasteiger partial charge in [0.1, 0.15) is 11.5 Å². The summed E-state index contributed by atoms with van der Waals surface area (Å²) in [6, 6.07) is 2.30. The first-order valence-corrected chi connectivity index (χ1v) is 6.03. The molecule has 0 fully saturated rings. The molecular formula is C11H11F3N6O2. The van der Waals surface area contributed by atoms with Crippen molar-refractivity contribution in [2.45, 2.75) is 12.6 Å². The first-order chi connectivity index (χ1) is 10.3. The van der Waals surface area contributed by atoms with Crippen molar-refractivity contribution in [2.75, 3.05) is 17.6 Å². The minimum atomic E-state index is -4.64. The highest BCUT2D eigenvalue weighted by Crippen LogP contribution is 2.34. The Morgan fingerprint density at radius 1 is 1.41 bits per heavy atom. The van der Waals surface area contributed by atoms with Gasteiger partial charge in [-0.05, 0) is 12.1 Å². The number of nitro benzene ring substituents is 1. The van der Waals surface area contributed by atoms with E-state index in [2.05, 4.69) is 20.5 Å². The van der Waals surface area contributed by atoms with E-state index in [1.165, 1.54) is 0 Å². The molecule has 118 valence electrons. The molecule has 0 spiro atoms. The molecule has 11 heteroatoms. The molecule has 0 aliphatic rings. The van der Waals surface area contributed by atoms with Gasteiger partial charge in [0.2, 0.25) is 5.95 Å². The number of nitrogen functional groups attached to an aromatic ring is 1. The van der Waals surface area contributed by atoms with Gasteiger partial charge < -0.3 is 11.1 Å². The molecule has 0 radical (unpaired) electrons. The van der Waals surface area contributed by atoms with Crippen LogP contribution < -0.4 is 11.1 Å². The number of aromatic nitrogens is 3. The zero-order chi connectivity index (χ0) is 16.3. The molecule has 1 aromatic carbocycles. The molecule has 0 saturated heterocycles. The Kier molecular flexibility index (Phi) is 4.15. The summed E-state index contributed by atoms with van der Waals surface area (Å²) in [6.07, 6.45) is -4.32. The van der Waals surface area contributed by atoms with E-state index in [1.807, 2.05) is 0 Å². The number of benzene rings is 1. The average Bonchev–Trinajstić information content (AvgIpc) is 2.83. The van der Waals surface area contributed by atoms with E-state index in [0.29, 0.717) is 18.3 Å². The van der Waals surface area contributed by atoms with Crippen LogP contribution >= 0.6 is 0 Å². The predicted molar refractivity (Wildman–Crippen MR) is 71.1 cm³/mol. The van der Waals surface area contributed by atoms with Crippen LogP contribution in [-0.2, 0) is 12.6 Å². The summed E-state index contributed by atoms with van der Waals surface area (Å²) in [7, 11) is 0. The van der Waals surface area contributed by atoms with Crippen molar-refractivity contribution in [3.63, 3.8) is 0 Å². The summed E-state index contributed by atoms with van der Waals surface area (Å²) < 4.78 is 37.7. The quantitative estimate of drug-likeness (QED) is 0.572. The fraction of sp³-hybridized carbons (Fsp3) is 0.273.